The molecule has 3 aromatic rings. The molecule has 0 aliphatic carbocycles. The van der Waals surface area contributed by atoms with E-state index in [1.807, 2.05) is 0 Å². The van der Waals surface area contributed by atoms with Crippen molar-refractivity contribution in [2.75, 3.05) is 0 Å². The summed E-state index contributed by atoms with van der Waals surface area (Å²) in [5.41, 5.74) is 0.355. The Morgan fingerprint density at radius 3 is 2.47 bits per heavy atom. The van der Waals surface area contributed by atoms with Crippen molar-refractivity contribution in [3.8, 4) is 5.75 Å². The fourth-order valence-electron chi connectivity index (χ4n) is 2.53. The summed E-state index contributed by atoms with van der Waals surface area (Å²) in [6.45, 7) is 1.91. The van der Waals surface area contributed by atoms with Crippen LogP contribution in [0.4, 0.5) is 13.2 Å². The van der Waals surface area contributed by atoms with Crippen LogP contribution in [0.1, 0.15) is 29.8 Å². The van der Waals surface area contributed by atoms with Gasteiger partial charge in [-0.15, -0.1) is 5.10 Å². The van der Waals surface area contributed by atoms with Crippen LogP contribution in [0.2, 0.25) is 5.02 Å². The van der Waals surface area contributed by atoms with Crippen LogP contribution in [-0.4, -0.2) is 20.9 Å². The van der Waals surface area contributed by atoms with Crippen LogP contribution < -0.4 is 10.1 Å². The maximum atomic E-state index is 12.6. The molecule has 30 heavy (non-hydrogen) atoms. The lowest BCUT2D eigenvalue weighted by molar-refractivity contribution is -0.137. The molecule has 6 nitrogen and oxygen atoms in total. The van der Waals surface area contributed by atoms with Crippen LogP contribution in [0.3, 0.4) is 0 Å². The maximum Gasteiger partial charge on any atom is 0.416 e. The third-order valence-corrected chi connectivity index (χ3v) is 4.53. The number of aromatic nitrogens is 3. The van der Waals surface area contributed by atoms with Gasteiger partial charge in [-0.25, -0.2) is 4.68 Å². The predicted molar refractivity (Wildman–Crippen MR) is 104 cm³/mol. The highest BCUT2D eigenvalue weighted by molar-refractivity contribution is 6.30. The maximum absolute atomic E-state index is 12.6. The van der Waals surface area contributed by atoms with E-state index in [9.17, 15) is 18.0 Å². The number of benzene rings is 2. The molecule has 3 rings (SSSR count). The van der Waals surface area contributed by atoms with Gasteiger partial charge in [0.25, 0.3) is 0 Å². The summed E-state index contributed by atoms with van der Waals surface area (Å²) >= 11 is 5.82. The minimum Gasteiger partial charge on any atom is -0.487 e. The monoisotopic (exact) mass is 438 g/mol. The number of ether oxygens (including phenoxy) is 1. The first-order chi connectivity index (χ1) is 14.2. The number of carbonyl (C=O) groups is 1. The first kappa shape index (κ1) is 21.6. The van der Waals surface area contributed by atoms with E-state index in [-0.39, 0.29) is 19.1 Å². The Balaban J connectivity index is 1.51. The van der Waals surface area contributed by atoms with Gasteiger partial charge in [0.1, 0.15) is 24.1 Å². The minimum absolute atomic E-state index is 0.0997. The van der Waals surface area contributed by atoms with Crippen LogP contribution in [0, 0.1) is 0 Å². The lowest BCUT2D eigenvalue weighted by Gasteiger charge is -2.12. The number of hydrogen-bond acceptors (Lipinski definition) is 4. The zero-order valence-corrected chi connectivity index (χ0v) is 16.6. The number of amides is 1. The Morgan fingerprint density at radius 1 is 1.17 bits per heavy atom. The van der Waals surface area contributed by atoms with Crippen molar-refractivity contribution < 1.29 is 22.7 Å². The molecule has 0 aliphatic heterocycles. The highest BCUT2D eigenvalue weighted by Gasteiger charge is 2.29. The van der Waals surface area contributed by atoms with Gasteiger partial charge < -0.3 is 10.1 Å². The van der Waals surface area contributed by atoms with Gasteiger partial charge in [-0.3, -0.25) is 4.79 Å². The molecule has 0 radical (unpaired) electrons. The van der Waals surface area contributed by atoms with Crippen molar-refractivity contribution in [1.82, 2.24) is 20.3 Å². The molecule has 1 amide bonds. The molecule has 0 spiro atoms. The van der Waals surface area contributed by atoms with E-state index in [0.717, 1.165) is 12.1 Å². The van der Waals surface area contributed by atoms with Gasteiger partial charge in [0.05, 0.1) is 11.8 Å². The highest BCUT2D eigenvalue weighted by Crippen LogP contribution is 2.29. The lowest BCUT2D eigenvalue weighted by atomic mass is 10.1. The molecule has 2 aromatic carbocycles. The smallest absolute Gasteiger partial charge is 0.416 e. The fraction of sp³-hybridized carbons (Fsp3) is 0.250. The largest absolute Gasteiger partial charge is 0.487 e. The molecule has 1 unspecified atom stereocenters. The zero-order chi connectivity index (χ0) is 21.7. The van der Waals surface area contributed by atoms with Crippen molar-refractivity contribution in [2.24, 2.45) is 0 Å². The first-order valence-corrected chi connectivity index (χ1v) is 9.33. The number of hydrogen-bond donors (Lipinski definition) is 1. The zero-order valence-electron chi connectivity index (χ0n) is 15.9. The second-order valence-electron chi connectivity index (χ2n) is 6.52. The standard InChI is InChI=1S/C20H18ClF3N4O2/c1-13(19(29)25-10-14-2-4-15(5-3-14)20(22,23)24)28-11-17(26-27-28)12-30-18-8-6-16(21)7-9-18/h2-9,11,13H,10,12H2,1H3,(H,25,29). The van der Waals surface area contributed by atoms with E-state index in [4.69, 9.17) is 16.3 Å². The predicted octanol–water partition coefficient (Wildman–Crippen LogP) is 4.41. The summed E-state index contributed by atoms with van der Waals surface area (Å²) in [7, 11) is 0. The van der Waals surface area contributed by atoms with E-state index in [2.05, 4.69) is 15.6 Å². The molecule has 10 heteroatoms. The molecule has 158 valence electrons. The Bertz CT molecular complexity index is 989. The SMILES string of the molecule is CC(C(=O)NCc1ccc(C(F)(F)F)cc1)n1cc(COc2ccc(Cl)cc2)nn1. The number of alkyl halides is 3. The average Bonchev–Trinajstić information content (AvgIpc) is 3.19. The van der Waals surface area contributed by atoms with Gasteiger partial charge in [0.15, 0.2) is 0 Å². The Kier molecular flexibility index (Phi) is 6.61. The van der Waals surface area contributed by atoms with Crippen molar-refractivity contribution in [3.63, 3.8) is 0 Å². The molecule has 1 N–H and O–H groups in total. The summed E-state index contributed by atoms with van der Waals surface area (Å²) in [6.07, 6.45) is -2.79. The Labute approximate surface area is 175 Å². The molecule has 1 atom stereocenters. The third-order valence-electron chi connectivity index (χ3n) is 4.28. The second-order valence-corrected chi connectivity index (χ2v) is 6.96. The molecular formula is C20H18ClF3N4O2. The Morgan fingerprint density at radius 2 is 1.83 bits per heavy atom. The van der Waals surface area contributed by atoms with Crippen molar-refractivity contribution in [1.29, 1.82) is 0 Å². The van der Waals surface area contributed by atoms with Crippen LogP contribution in [0.15, 0.2) is 54.7 Å². The second kappa shape index (κ2) is 9.17. The molecule has 0 saturated carbocycles. The van der Waals surface area contributed by atoms with Crippen LogP contribution >= 0.6 is 11.6 Å². The molecule has 1 heterocycles. The van der Waals surface area contributed by atoms with E-state index < -0.39 is 17.8 Å². The highest BCUT2D eigenvalue weighted by atomic mass is 35.5. The van der Waals surface area contributed by atoms with Crippen LogP contribution in [0.25, 0.3) is 0 Å². The first-order valence-electron chi connectivity index (χ1n) is 8.95. The van der Waals surface area contributed by atoms with Crippen molar-refractivity contribution in [2.45, 2.75) is 32.3 Å². The minimum atomic E-state index is -4.39. The summed E-state index contributed by atoms with van der Waals surface area (Å²) in [6, 6.07) is 10.8. The van der Waals surface area contributed by atoms with Gasteiger partial charge in [-0.2, -0.15) is 13.2 Å². The van der Waals surface area contributed by atoms with Crippen LogP contribution in [-0.2, 0) is 24.1 Å². The summed E-state index contributed by atoms with van der Waals surface area (Å²) in [5, 5.41) is 11.2. The quantitative estimate of drug-likeness (QED) is 0.593. The summed E-state index contributed by atoms with van der Waals surface area (Å²) in [4.78, 5) is 12.3. The van der Waals surface area contributed by atoms with Crippen molar-refractivity contribution >= 4 is 17.5 Å². The Hall–Kier alpha value is -3.07. The number of nitrogens with one attached hydrogen (secondary N) is 1. The van der Waals surface area contributed by atoms with Crippen molar-refractivity contribution in [3.05, 3.63) is 76.6 Å². The molecular weight excluding hydrogens is 421 g/mol. The third kappa shape index (κ3) is 5.73. The molecule has 0 aliphatic rings. The van der Waals surface area contributed by atoms with E-state index >= 15 is 0 Å². The summed E-state index contributed by atoms with van der Waals surface area (Å²) in [5.74, 6) is 0.279. The number of nitrogens with zero attached hydrogens (tertiary/aromatic N) is 3. The van der Waals surface area contributed by atoms with Gasteiger partial charge >= 0.3 is 6.18 Å². The van der Waals surface area contributed by atoms with Gasteiger partial charge in [-0.1, -0.05) is 28.9 Å². The van der Waals surface area contributed by atoms with Crippen LogP contribution in [0.5, 0.6) is 5.75 Å². The lowest BCUT2D eigenvalue weighted by Crippen LogP contribution is -2.30. The average molecular weight is 439 g/mol. The molecule has 1 aromatic heterocycles. The van der Waals surface area contributed by atoms with Gasteiger partial charge in [-0.05, 0) is 48.9 Å². The van der Waals surface area contributed by atoms with E-state index in [1.165, 1.54) is 16.8 Å². The van der Waals surface area contributed by atoms with Gasteiger partial charge in [0, 0.05) is 11.6 Å². The van der Waals surface area contributed by atoms with E-state index in [1.54, 1.807) is 37.4 Å². The normalized spacial score (nSPS) is 12.4. The van der Waals surface area contributed by atoms with E-state index in [0.29, 0.717) is 22.0 Å². The number of carbonyl (C=O) groups excluding carboxylic acids is 1. The molecule has 0 bridgehead atoms. The topological polar surface area (TPSA) is 69.0 Å². The van der Waals surface area contributed by atoms with Gasteiger partial charge in [0.2, 0.25) is 5.91 Å². The molecule has 0 saturated heterocycles. The molecule has 0 fully saturated rings. The number of rotatable bonds is 7. The number of halogens is 4. The fourth-order valence-corrected chi connectivity index (χ4v) is 2.65. The summed E-state index contributed by atoms with van der Waals surface area (Å²) < 4.78 is 44.8.